The predicted molar refractivity (Wildman–Crippen MR) is 90.8 cm³/mol. The lowest BCUT2D eigenvalue weighted by Gasteiger charge is -2.35. The number of nitrogens with zero attached hydrogens (tertiary/aromatic N) is 1. The maximum absolute atomic E-state index is 12.5. The highest BCUT2D eigenvalue weighted by Crippen LogP contribution is 2.33. The SMILES string of the molecule is CCOC(=O)C1=C(C)N(CC)C(=O)NC1c1ccccc1C(=O)OC. The van der Waals surface area contributed by atoms with E-state index in [1.165, 1.54) is 12.0 Å². The van der Waals surface area contributed by atoms with E-state index in [9.17, 15) is 14.4 Å². The van der Waals surface area contributed by atoms with Crippen molar-refractivity contribution in [2.75, 3.05) is 20.3 Å². The summed E-state index contributed by atoms with van der Waals surface area (Å²) in [5.74, 6) is -1.06. The number of carbonyl (C=O) groups excluding carboxylic acids is 3. The van der Waals surface area contributed by atoms with Crippen LogP contribution < -0.4 is 5.32 Å². The molecule has 134 valence electrons. The molecule has 2 rings (SSSR count). The molecule has 0 aromatic heterocycles. The van der Waals surface area contributed by atoms with Crippen molar-refractivity contribution in [1.29, 1.82) is 0 Å². The molecule has 0 fully saturated rings. The first-order chi connectivity index (χ1) is 12.0. The molecule has 0 saturated carbocycles. The van der Waals surface area contributed by atoms with Gasteiger partial charge >= 0.3 is 18.0 Å². The van der Waals surface area contributed by atoms with Crippen LogP contribution in [-0.4, -0.2) is 43.1 Å². The highest BCUT2D eigenvalue weighted by atomic mass is 16.5. The van der Waals surface area contributed by atoms with Gasteiger partial charge in [0.1, 0.15) is 0 Å². The molecule has 7 nitrogen and oxygen atoms in total. The predicted octanol–water partition coefficient (Wildman–Crippen LogP) is 2.40. The van der Waals surface area contributed by atoms with Crippen molar-refractivity contribution in [2.24, 2.45) is 0 Å². The van der Waals surface area contributed by atoms with E-state index in [1.807, 2.05) is 6.92 Å². The van der Waals surface area contributed by atoms with E-state index in [4.69, 9.17) is 9.47 Å². The third kappa shape index (κ3) is 3.50. The van der Waals surface area contributed by atoms with Gasteiger partial charge in [-0.05, 0) is 32.4 Å². The summed E-state index contributed by atoms with van der Waals surface area (Å²) >= 11 is 0. The van der Waals surface area contributed by atoms with Gasteiger partial charge < -0.3 is 14.8 Å². The van der Waals surface area contributed by atoms with Crippen LogP contribution >= 0.6 is 0 Å². The molecule has 7 heteroatoms. The average Bonchev–Trinajstić information content (AvgIpc) is 2.61. The van der Waals surface area contributed by atoms with Gasteiger partial charge in [-0.1, -0.05) is 18.2 Å². The van der Waals surface area contributed by atoms with Gasteiger partial charge in [0.05, 0.1) is 30.9 Å². The second-order valence-corrected chi connectivity index (χ2v) is 5.43. The van der Waals surface area contributed by atoms with Gasteiger partial charge in [-0.2, -0.15) is 0 Å². The zero-order valence-electron chi connectivity index (χ0n) is 14.8. The van der Waals surface area contributed by atoms with Gasteiger partial charge in [0.15, 0.2) is 0 Å². The summed E-state index contributed by atoms with van der Waals surface area (Å²) in [7, 11) is 1.28. The third-order valence-electron chi connectivity index (χ3n) is 4.08. The Morgan fingerprint density at radius 3 is 2.48 bits per heavy atom. The third-order valence-corrected chi connectivity index (χ3v) is 4.08. The van der Waals surface area contributed by atoms with E-state index in [1.54, 1.807) is 38.1 Å². The number of hydrogen-bond acceptors (Lipinski definition) is 5. The van der Waals surface area contributed by atoms with Crippen LogP contribution in [0.4, 0.5) is 4.79 Å². The monoisotopic (exact) mass is 346 g/mol. The maximum atomic E-state index is 12.5. The number of nitrogens with one attached hydrogen (secondary N) is 1. The molecule has 0 saturated heterocycles. The quantitative estimate of drug-likeness (QED) is 0.828. The Hall–Kier alpha value is -2.83. The second-order valence-electron chi connectivity index (χ2n) is 5.43. The first kappa shape index (κ1) is 18.5. The Morgan fingerprint density at radius 1 is 1.20 bits per heavy atom. The van der Waals surface area contributed by atoms with Gasteiger partial charge in [0.2, 0.25) is 0 Å². The van der Waals surface area contributed by atoms with Crippen molar-refractivity contribution in [3.63, 3.8) is 0 Å². The number of benzene rings is 1. The molecule has 0 aliphatic carbocycles. The normalized spacial score (nSPS) is 17.2. The van der Waals surface area contributed by atoms with Gasteiger partial charge in [0.25, 0.3) is 0 Å². The zero-order chi connectivity index (χ0) is 18.6. The van der Waals surface area contributed by atoms with Crippen molar-refractivity contribution < 1.29 is 23.9 Å². The lowest BCUT2D eigenvalue weighted by Crippen LogP contribution is -2.48. The molecule has 0 bridgehead atoms. The number of methoxy groups -OCH3 is 1. The summed E-state index contributed by atoms with van der Waals surface area (Å²) in [6.07, 6.45) is 0. The molecule has 2 amide bonds. The molecule has 0 spiro atoms. The number of urea groups is 1. The summed E-state index contributed by atoms with van der Waals surface area (Å²) in [6.45, 7) is 5.84. The van der Waals surface area contributed by atoms with Crippen molar-refractivity contribution in [3.05, 3.63) is 46.7 Å². The van der Waals surface area contributed by atoms with Crippen molar-refractivity contribution in [2.45, 2.75) is 26.8 Å². The molecule has 1 aromatic rings. The average molecular weight is 346 g/mol. The summed E-state index contributed by atoms with van der Waals surface area (Å²) in [5, 5.41) is 2.79. The molecular formula is C18H22N2O5. The van der Waals surface area contributed by atoms with Gasteiger partial charge in [-0.15, -0.1) is 0 Å². The summed E-state index contributed by atoms with van der Waals surface area (Å²) in [5.41, 5.74) is 1.59. The van der Waals surface area contributed by atoms with E-state index < -0.39 is 18.0 Å². The molecule has 1 aliphatic heterocycles. The van der Waals surface area contributed by atoms with Crippen LogP contribution in [-0.2, 0) is 14.3 Å². The summed E-state index contributed by atoms with van der Waals surface area (Å²) in [4.78, 5) is 38.5. The van der Waals surface area contributed by atoms with Gasteiger partial charge in [-0.3, -0.25) is 4.90 Å². The summed E-state index contributed by atoms with van der Waals surface area (Å²) < 4.78 is 9.98. The fourth-order valence-electron chi connectivity index (χ4n) is 2.91. The lowest BCUT2D eigenvalue weighted by molar-refractivity contribution is -0.139. The standard InChI is InChI=1S/C18H22N2O5/c1-5-20-11(3)14(17(22)25-6-2)15(19-18(20)23)12-9-7-8-10-13(12)16(21)24-4/h7-10,15H,5-6H2,1-4H3,(H,19,23). The minimum absolute atomic E-state index is 0.209. The molecule has 0 radical (unpaired) electrons. The van der Waals surface area contributed by atoms with Crippen LogP contribution in [0.25, 0.3) is 0 Å². The van der Waals surface area contributed by atoms with Crippen LogP contribution in [0.1, 0.15) is 42.7 Å². The second kappa shape index (κ2) is 7.83. The number of hydrogen-bond donors (Lipinski definition) is 1. The van der Waals surface area contributed by atoms with E-state index in [0.29, 0.717) is 23.4 Å². The van der Waals surface area contributed by atoms with Crippen LogP contribution in [0.5, 0.6) is 0 Å². The highest BCUT2D eigenvalue weighted by molar-refractivity contribution is 5.97. The van der Waals surface area contributed by atoms with Crippen molar-refractivity contribution in [3.8, 4) is 0 Å². The van der Waals surface area contributed by atoms with E-state index in [0.717, 1.165) is 0 Å². The maximum Gasteiger partial charge on any atom is 0.338 e. The number of ether oxygens (including phenoxy) is 2. The van der Waals surface area contributed by atoms with Gasteiger partial charge in [-0.25, -0.2) is 14.4 Å². The molecule has 25 heavy (non-hydrogen) atoms. The van der Waals surface area contributed by atoms with Crippen LogP contribution in [0.15, 0.2) is 35.5 Å². The molecule has 1 N–H and O–H groups in total. The van der Waals surface area contributed by atoms with Crippen LogP contribution in [0, 0.1) is 0 Å². The van der Waals surface area contributed by atoms with Gasteiger partial charge in [0, 0.05) is 12.2 Å². The number of amides is 2. The smallest absolute Gasteiger partial charge is 0.338 e. The zero-order valence-corrected chi connectivity index (χ0v) is 14.8. The van der Waals surface area contributed by atoms with Crippen LogP contribution in [0.2, 0.25) is 0 Å². The van der Waals surface area contributed by atoms with Crippen molar-refractivity contribution in [1.82, 2.24) is 10.2 Å². The topological polar surface area (TPSA) is 84.9 Å². The minimum Gasteiger partial charge on any atom is -0.465 e. The molecular weight excluding hydrogens is 324 g/mol. The minimum atomic E-state index is -0.787. The number of allylic oxidation sites excluding steroid dienone is 1. The van der Waals surface area contributed by atoms with E-state index >= 15 is 0 Å². The Bertz CT molecular complexity index is 726. The Labute approximate surface area is 146 Å². The van der Waals surface area contributed by atoms with E-state index in [-0.39, 0.29) is 18.2 Å². The molecule has 1 heterocycles. The number of rotatable bonds is 5. The molecule has 1 aromatic carbocycles. The largest absolute Gasteiger partial charge is 0.465 e. The Kier molecular flexibility index (Phi) is 5.80. The number of esters is 2. The first-order valence-electron chi connectivity index (χ1n) is 8.09. The highest BCUT2D eigenvalue weighted by Gasteiger charge is 2.37. The Morgan fingerprint density at radius 2 is 1.88 bits per heavy atom. The molecule has 1 aliphatic rings. The fourth-order valence-corrected chi connectivity index (χ4v) is 2.91. The molecule has 1 unspecified atom stereocenters. The fraction of sp³-hybridized carbons (Fsp3) is 0.389. The summed E-state index contributed by atoms with van der Waals surface area (Å²) in [6, 6.07) is 5.59. The number of carbonyl (C=O) groups is 3. The Balaban J connectivity index is 2.62. The van der Waals surface area contributed by atoms with E-state index in [2.05, 4.69) is 5.32 Å². The lowest BCUT2D eigenvalue weighted by atomic mass is 9.91. The van der Waals surface area contributed by atoms with Crippen molar-refractivity contribution >= 4 is 18.0 Å². The first-order valence-corrected chi connectivity index (χ1v) is 8.09. The molecule has 1 atom stereocenters. The van der Waals surface area contributed by atoms with Crippen LogP contribution in [0.3, 0.4) is 0 Å².